The summed E-state index contributed by atoms with van der Waals surface area (Å²) in [4.78, 5) is 35.4. The zero-order chi connectivity index (χ0) is 26.4. The molecule has 1 fully saturated rings. The number of nitrogens with two attached hydrogens (primary N) is 1. The van der Waals surface area contributed by atoms with Gasteiger partial charge in [-0.25, -0.2) is 0 Å². The third-order valence-electron chi connectivity index (χ3n) is 7.36. The summed E-state index contributed by atoms with van der Waals surface area (Å²) in [7, 11) is 0. The van der Waals surface area contributed by atoms with Crippen molar-refractivity contribution >= 4 is 17.8 Å². The lowest BCUT2D eigenvalue weighted by atomic mass is 9.86. The van der Waals surface area contributed by atoms with E-state index in [0.717, 1.165) is 64.2 Å². The van der Waals surface area contributed by atoms with Crippen LogP contribution in [0.5, 0.6) is 0 Å². The number of hydrogen-bond acceptors (Lipinski definition) is 5. The molecule has 0 aromatic heterocycles. The molecular formula is C30H55NO5. The lowest BCUT2D eigenvalue weighted by molar-refractivity contribution is -0.190. The van der Waals surface area contributed by atoms with Gasteiger partial charge >= 0.3 is 11.9 Å². The molecule has 0 aliphatic carbocycles. The quantitative estimate of drug-likeness (QED) is 0.101. The molecular weight excluding hydrogens is 454 g/mol. The highest BCUT2D eigenvalue weighted by molar-refractivity contribution is 5.78. The number of rotatable bonds is 25. The van der Waals surface area contributed by atoms with Crippen molar-refractivity contribution in [1.29, 1.82) is 0 Å². The van der Waals surface area contributed by atoms with E-state index in [9.17, 15) is 14.4 Å². The highest BCUT2D eigenvalue weighted by Crippen LogP contribution is 2.32. The first-order chi connectivity index (χ1) is 17.5. The second-order valence-corrected chi connectivity index (χ2v) is 10.8. The maximum absolute atomic E-state index is 12.5. The molecule has 1 rings (SSSR count). The van der Waals surface area contributed by atoms with Crippen LogP contribution in [0.15, 0.2) is 0 Å². The van der Waals surface area contributed by atoms with Crippen LogP contribution >= 0.6 is 0 Å². The van der Waals surface area contributed by atoms with E-state index in [4.69, 9.17) is 15.2 Å². The van der Waals surface area contributed by atoms with E-state index >= 15 is 0 Å². The molecule has 1 heterocycles. The number of cyclic esters (lactones) is 1. The average molecular weight is 510 g/mol. The first-order valence-corrected chi connectivity index (χ1v) is 15.2. The molecule has 1 unspecified atom stereocenters. The van der Waals surface area contributed by atoms with Gasteiger partial charge in [0.15, 0.2) is 0 Å². The monoisotopic (exact) mass is 509 g/mol. The van der Waals surface area contributed by atoms with Crippen LogP contribution < -0.4 is 5.73 Å². The molecule has 0 aromatic rings. The number of esters is 2. The molecule has 0 spiro atoms. The number of carbonyl (C=O) groups excluding carboxylic acids is 3. The molecule has 2 N–H and O–H groups in total. The van der Waals surface area contributed by atoms with Crippen LogP contribution in [-0.4, -0.2) is 30.1 Å². The molecule has 6 nitrogen and oxygen atoms in total. The van der Waals surface area contributed by atoms with Gasteiger partial charge < -0.3 is 15.2 Å². The van der Waals surface area contributed by atoms with Crippen molar-refractivity contribution in [2.45, 2.75) is 167 Å². The molecule has 0 bridgehead atoms. The number of amides is 1. The van der Waals surface area contributed by atoms with E-state index in [2.05, 4.69) is 13.8 Å². The van der Waals surface area contributed by atoms with Crippen molar-refractivity contribution in [3.05, 3.63) is 0 Å². The second kappa shape index (κ2) is 21.5. The predicted octanol–water partition coefficient (Wildman–Crippen LogP) is 7.55. The summed E-state index contributed by atoms with van der Waals surface area (Å²) in [6.07, 6.45) is 22.2. The molecule has 1 saturated heterocycles. The summed E-state index contributed by atoms with van der Waals surface area (Å²) in [6, 6.07) is 0. The van der Waals surface area contributed by atoms with Crippen molar-refractivity contribution in [2.24, 2.45) is 11.7 Å². The summed E-state index contributed by atoms with van der Waals surface area (Å²) < 4.78 is 11.4. The first kappa shape index (κ1) is 32.4. The second-order valence-electron chi connectivity index (χ2n) is 10.8. The molecule has 0 saturated carbocycles. The summed E-state index contributed by atoms with van der Waals surface area (Å²) in [5.74, 6) is -0.540. The van der Waals surface area contributed by atoms with Crippen LogP contribution in [-0.2, 0) is 23.9 Å². The van der Waals surface area contributed by atoms with Crippen LogP contribution in [0.1, 0.15) is 155 Å². The largest absolute Gasteiger partial charge is 0.462 e. The van der Waals surface area contributed by atoms with E-state index in [-0.39, 0.29) is 36.0 Å². The van der Waals surface area contributed by atoms with E-state index in [1.807, 2.05) is 0 Å². The molecule has 6 heteroatoms. The molecule has 1 aliphatic heterocycles. The zero-order valence-electron chi connectivity index (χ0n) is 23.4. The van der Waals surface area contributed by atoms with Crippen LogP contribution in [0.3, 0.4) is 0 Å². The zero-order valence-corrected chi connectivity index (χ0v) is 23.4. The van der Waals surface area contributed by atoms with Crippen LogP contribution in [0.25, 0.3) is 0 Å². The van der Waals surface area contributed by atoms with Gasteiger partial charge in [-0.2, -0.15) is 0 Å². The van der Waals surface area contributed by atoms with E-state index in [0.29, 0.717) is 19.3 Å². The summed E-state index contributed by atoms with van der Waals surface area (Å²) in [6.45, 7) is 4.43. The first-order valence-electron chi connectivity index (χ1n) is 15.2. The van der Waals surface area contributed by atoms with Crippen molar-refractivity contribution in [3.63, 3.8) is 0 Å². The molecule has 1 amide bonds. The third kappa shape index (κ3) is 16.2. The highest BCUT2D eigenvalue weighted by Gasteiger charge is 2.43. The van der Waals surface area contributed by atoms with Crippen molar-refractivity contribution in [1.82, 2.24) is 0 Å². The van der Waals surface area contributed by atoms with Gasteiger partial charge in [0.2, 0.25) is 5.91 Å². The molecule has 1 aliphatic rings. The molecule has 36 heavy (non-hydrogen) atoms. The fraction of sp³-hybridized carbons (Fsp3) is 0.900. The SMILES string of the molecule is CCCCCCCCCCCC(C[C@@H]1OC(=O)[C@H]1CCCCCC)OC(=O)CCCCCCC(N)=O. The molecule has 3 atom stereocenters. The Bertz CT molecular complexity index is 594. The molecule has 0 aromatic carbocycles. The van der Waals surface area contributed by atoms with Crippen molar-refractivity contribution < 1.29 is 23.9 Å². The van der Waals surface area contributed by atoms with E-state index in [1.54, 1.807) is 0 Å². The van der Waals surface area contributed by atoms with Crippen molar-refractivity contribution in [2.75, 3.05) is 0 Å². The van der Waals surface area contributed by atoms with Crippen molar-refractivity contribution in [3.8, 4) is 0 Å². The smallest absolute Gasteiger partial charge is 0.313 e. The predicted molar refractivity (Wildman–Crippen MR) is 145 cm³/mol. The molecule has 0 radical (unpaired) electrons. The minimum Gasteiger partial charge on any atom is -0.462 e. The van der Waals surface area contributed by atoms with Gasteiger partial charge in [0.05, 0.1) is 5.92 Å². The van der Waals surface area contributed by atoms with Gasteiger partial charge in [-0.05, 0) is 32.1 Å². The Balaban J connectivity index is 2.39. The topological polar surface area (TPSA) is 95.7 Å². The third-order valence-corrected chi connectivity index (χ3v) is 7.36. The normalized spacial score (nSPS) is 17.9. The average Bonchev–Trinajstić information content (AvgIpc) is 2.84. The summed E-state index contributed by atoms with van der Waals surface area (Å²) >= 11 is 0. The van der Waals surface area contributed by atoms with Gasteiger partial charge in [-0.3, -0.25) is 14.4 Å². The Morgan fingerprint density at radius 2 is 1.31 bits per heavy atom. The minimum absolute atomic E-state index is 0.0311. The number of carbonyl (C=O) groups is 3. The van der Waals surface area contributed by atoms with Gasteiger partial charge in [-0.1, -0.05) is 104 Å². The number of ether oxygens (including phenoxy) is 2. The standard InChI is InChI=1S/C30H55NO5/c1-3-5-7-9-10-11-12-13-16-20-25(35-29(33)23-19-15-14-18-22-28(31)32)24-27-26(30(34)36-27)21-17-8-6-4-2/h25-27H,3-24H2,1-2H3,(H2,31,32)/t25?,26-,27-/m0/s1. The van der Waals surface area contributed by atoms with E-state index < -0.39 is 0 Å². The minimum atomic E-state index is -0.269. The lowest BCUT2D eigenvalue weighted by Crippen LogP contribution is -2.47. The Hall–Kier alpha value is -1.59. The van der Waals surface area contributed by atoms with Gasteiger partial charge in [0, 0.05) is 19.3 Å². The van der Waals surface area contributed by atoms with Gasteiger partial charge in [-0.15, -0.1) is 0 Å². The highest BCUT2D eigenvalue weighted by atomic mass is 16.6. The summed E-state index contributed by atoms with van der Waals surface area (Å²) in [5, 5.41) is 0. The van der Waals surface area contributed by atoms with Gasteiger partial charge in [0.25, 0.3) is 0 Å². The molecule has 210 valence electrons. The Morgan fingerprint density at radius 1 is 0.778 bits per heavy atom. The van der Waals surface area contributed by atoms with Crippen LogP contribution in [0.4, 0.5) is 0 Å². The fourth-order valence-electron chi connectivity index (χ4n) is 5.04. The number of hydrogen-bond donors (Lipinski definition) is 1. The number of unbranched alkanes of at least 4 members (excludes halogenated alkanes) is 14. The van der Waals surface area contributed by atoms with Crippen LogP contribution in [0.2, 0.25) is 0 Å². The lowest BCUT2D eigenvalue weighted by Gasteiger charge is -2.37. The maximum atomic E-state index is 12.5. The summed E-state index contributed by atoms with van der Waals surface area (Å²) in [5.41, 5.74) is 5.17. The Morgan fingerprint density at radius 3 is 1.89 bits per heavy atom. The van der Waals surface area contributed by atoms with E-state index in [1.165, 1.54) is 57.8 Å². The number of primary amides is 1. The Labute approximate surface area is 220 Å². The maximum Gasteiger partial charge on any atom is 0.313 e. The van der Waals surface area contributed by atoms with Gasteiger partial charge in [0.1, 0.15) is 12.2 Å². The fourth-order valence-corrected chi connectivity index (χ4v) is 5.04. The van der Waals surface area contributed by atoms with Crippen LogP contribution in [0, 0.1) is 5.92 Å². The Kier molecular flexibility index (Phi) is 19.4.